The van der Waals surface area contributed by atoms with E-state index in [0.717, 1.165) is 6.07 Å². The average Bonchev–Trinajstić information content (AvgIpc) is 2.80. The lowest BCUT2D eigenvalue weighted by Gasteiger charge is -2.17. The highest BCUT2D eigenvalue weighted by molar-refractivity contribution is 14.1. The number of carbonyl (C=O) groups excluding carboxylic acids is 1. The first-order valence-corrected chi connectivity index (χ1v) is 11.0. The van der Waals surface area contributed by atoms with Crippen LogP contribution in [-0.2, 0) is 11.3 Å². The molecule has 0 aliphatic carbocycles. The van der Waals surface area contributed by atoms with Crippen LogP contribution in [0.1, 0.15) is 27.9 Å². The van der Waals surface area contributed by atoms with Crippen LogP contribution in [0.25, 0.3) is 0 Å². The smallest absolute Gasteiger partial charge is 0.277 e. The number of nitrogens with zero attached hydrogens (tertiary/aromatic N) is 1. The standard InChI is InChI=1S/C23H19F4IN4O2/c1-2-3-8-34-32-23(33)15-10-13(9-12-6-7-30-22(29)19(12)26)18(25)20(27)21(15)31-17-5-4-14(28)11-16(17)24/h2,4-7,10-11,31H,1,3,8-9H2,(H2,29,30)(H,32,33). The summed E-state index contributed by atoms with van der Waals surface area (Å²) in [5, 5.41) is 2.44. The summed E-state index contributed by atoms with van der Waals surface area (Å²) in [6, 6.07) is 6.34. The van der Waals surface area contributed by atoms with Crippen molar-refractivity contribution in [1.29, 1.82) is 0 Å². The minimum Gasteiger partial charge on any atom is -0.381 e. The Morgan fingerprint density at radius 1 is 1.12 bits per heavy atom. The number of hydrogen-bond donors (Lipinski definition) is 3. The number of nitrogens with one attached hydrogen (secondary N) is 2. The molecule has 0 saturated heterocycles. The molecule has 34 heavy (non-hydrogen) atoms. The van der Waals surface area contributed by atoms with Gasteiger partial charge in [0, 0.05) is 16.2 Å². The zero-order chi connectivity index (χ0) is 24.8. The van der Waals surface area contributed by atoms with E-state index in [0.29, 0.717) is 9.99 Å². The molecule has 0 fully saturated rings. The number of benzene rings is 2. The molecule has 0 saturated carbocycles. The second-order valence-corrected chi connectivity index (χ2v) is 8.28. The number of aromatic nitrogens is 1. The summed E-state index contributed by atoms with van der Waals surface area (Å²) in [5.74, 6) is -5.74. The van der Waals surface area contributed by atoms with Crippen molar-refractivity contribution in [2.24, 2.45) is 0 Å². The quantitative estimate of drug-likeness (QED) is 0.103. The van der Waals surface area contributed by atoms with E-state index in [1.165, 1.54) is 24.4 Å². The highest BCUT2D eigenvalue weighted by Gasteiger charge is 2.24. The monoisotopic (exact) mass is 586 g/mol. The number of hydroxylamine groups is 1. The van der Waals surface area contributed by atoms with Crippen LogP contribution in [0.4, 0.5) is 34.8 Å². The van der Waals surface area contributed by atoms with Gasteiger partial charge in [0.2, 0.25) is 0 Å². The molecule has 6 nitrogen and oxygen atoms in total. The van der Waals surface area contributed by atoms with E-state index in [4.69, 9.17) is 10.6 Å². The van der Waals surface area contributed by atoms with Gasteiger partial charge >= 0.3 is 0 Å². The molecule has 0 unspecified atom stereocenters. The Balaban J connectivity index is 2.05. The number of amides is 1. The van der Waals surface area contributed by atoms with E-state index in [1.54, 1.807) is 12.1 Å². The topological polar surface area (TPSA) is 89.3 Å². The van der Waals surface area contributed by atoms with Gasteiger partial charge in [-0.3, -0.25) is 9.63 Å². The number of nitrogen functional groups attached to an aromatic ring is 1. The summed E-state index contributed by atoms with van der Waals surface area (Å²) < 4.78 is 59.4. The second-order valence-electron chi connectivity index (χ2n) is 7.04. The highest BCUT2D eigenvalue weighted by atomic mass is 127. The molecule has 11 heteroatoms. The number of hydrogen-bond acceptors (Lipinski definition) is 5. The molecular weight excluding hydrogens is 567 g/mol. The molecule has 0 atom stereocenters. The van der Waals surface area contributed by atoms with Crippen molar-refractivity contribution in [1.82, 2.24) is 10.5 Å². The van der Waals surface area contributed by atoms with E-state index in [-0.39, 0.29) is 29.0 Å². The summed E-state index contributed by atoms with van der Waals surface area (Å²) in [4.78, 5) is 21.4. The van der Waals surface area contributed by atoms with Gasteiger partial charge in [0.05, 0.1) is 23.5 Å². The molecule has 1 amide bonds. The fourth-order valence-corrected chi connectivity index (χ4v) is 3.44. The van der Waals surface area contributed by atoms with Gasteiger partial charge in [-0.25, -0.2) is 28.0 Å². The summed E-state index contributed by atoms with van der Waals surface area (Å²) in [5.41, 5.74) is 6.02. The maximum atomic E-state index is 15.2. The van der Waals surface area contributed by atoms with Crippen molar-refractivity contribution < 1.29 is 27.2 Å². The lowest BCUT2D eigenvalue weighted by Crippen LogP contribution is -2.26. The zero-order valence-corrected chi connectivity index (χ0v) is 19.8. The normalized spacial score (nSPS) is 10.7. The molecule has 2 aromatic carbocycles. The number of carbonyl (C=O) groups is 1. The van der Waals surface area contributed by atoms with Gasteiger partial charge in [-0.05, 0) is 70.5 Å². The molecular formula is C23H19F4IN4O2. The van der Waals surface area contributed by atoms with Crippen molar-refractivity contribution in [3.05, 3.63) is 92.7 Å². The summed E-state index contributed by atoms with van der Waals surface area (Å²) in [6.45, 7) is 3.61. The van der Waals surface area contributed by atoms with Gasteiger partial charge in [0.25, 0.3) is 5.91 Å². The van der Waals surface area contributed by atoms with Gasteiger partial charge in [0.1, 0.15) is 5.82 Å². The number of anilines is 3. The third kappa shape index (κ3) is 5.83. The van der Waals surface area contributed by atoms with Gasteiger partial charge < -0.3 is 11.1 Å². The van der Waals surface area contributed by atoms with Crippen molar-refractivity contribution >= 4 is 45.7 Å². The molecule has 0 spiro atoms. The van der Waals surface area contributed by atoms with Crippen molar-refractivity contribution in [2.75, 3.05) is 17.7 Å². The van der Waals surface area contributed by atoms with Gasteiger partial charge in [0.15, 0.2) is 23.3 Å². The van der Waals surface area contributed by atoms with Crippen LogP contribution in [0.2, 0.25) is 0 Å². The first-order valence-electron chi connectivity index (χ1n) is 9.87. The molecule has 0 bridgehead atoms. The van der Waals surface area contributed by atoms with Crippen molar-refractivity contribution in [2.45, 2.75) is 12.8 Å². The van der Waals surface area contributed by atoms with Crippen molar-refractivity contribution in [3.63, 3.8) is 0 Å². The molecule has 1 heterocycles. The van der Waals surface area contributed by atoms with Gasteiger partial charge in [-0.1, -0.05) is 6.08 Å². The second kappa shape index (κ2) is 11.3. The lowest BCUT2D eigenvalue weighted by atomic mass is 10.00. The Hall–Kier alpha value is -3.19. The summed E-state index contributed by atoms with van der Waals surface area (Å²) in [7, 11) is 0. The predicted octanol–water partition coefficient (Wildman–Crippen LogP) is 5.40. The van der Waals surface area contributed by atoms with Crippen LogP contribution in [0.15, 0.2) is 49.2 Å². The number of rotatable bonds is 9. The largest absolute Gasteiger partial charge is 0.381 e. The Labute approximate surface area is 206 Å². The Kier molecular flexibility index (Phi) is 8.45. The molecule has 0 aliphatic rings. The summed E-state index contributed by atoms with van der Waals surface area (Å²) in [6.07, 6.45) is 2.78. The van der Waals surface area contributed by atoms with Crippen LogP contribution < -0.4 is 16.5 Å². The number of halogens is 5. The molecule has 178 valence electrons. The van der Waals surface area contributed by atoms with E-state index in [1.807, 2.05) is 22.6 Å². The van der Waals surface area contributed by atoms with Gasteiger partial charge in [-0.15, -0.1) is 6.58 Å². The van der Waals surface area contributed by atoms with Crippen LogP contribution >= 0.6 is 22.6 Å². The minimum atomic E-state index is -1.45. The SMILES string of the molecule is C=CCCONC(=O)c1cc(Cc2ccnc(N)c2F)c(F)c(F)c1Nc1ccc(I)cc1F. The first kappa shape index (κ1) is 25.4. The Morgan fingerprint density at radius 2 is 1.88 bits per heavy atom. The molecule has 1 aromatic heterocycles. The average molecular weight is 586 g/mol. The maximum absolute atomic E-state index is 15.2. The zero-order valence-electron chi connectivity index (χ0n) is 17.6. The number of nitrogens with two attached hydrogens (primary N) is 1. The van der Waals surface area contributed by atoms with Gasteiger partial charge in [-0.2, -0.15) is 0 Å². The van der Waals surface area contributed by atoms with E-state index in [2.05, 4.69) is 22.4 Å². The highest BCUT2D eigenvalue weighted by Crippen LogP contribution is 2.32. The Bertz CT molecular complexity index is 1240. The maximum Gasteiger partial charge on any atom is 0.277 e. The third-order valence-electron chi connectivity index (χ3n) is 4.68. The minimum absolute atomic E-state index is 0.0521. The molecule has 4 N–H and O–H groups in total. The molecule has 0 radical (unpaired) electrons. The Morgan fingerprint density at radius 3 is 2.59 bits per heavy atom. The molecule has 0 aliphatic heterocycles. The van der Waals surface area contributed by atoms with E-state index >= 15 is 4.39 Å². The van der Waals surface area contributed by atoms with Crippen LogP contribution in [0.5, 0.6) is 0 Å². The van der Waals surface area contributed by atoms with E-state index < -0.39 is 47.1 Å². The van der Waals surface area contributed by atoms with Crippen LogP contribution in [0, 0.1) is 26.8 Å². The van der Waals surface area contributed by atoms with E-state index in [9.17, 15) is 18.0 Å². The molecule has 3 rings (SSSR count). The third-order valence-corrected chi connectivity index (χ3v) is 5.35. The van der Waals surface area contributed by atoms with Crippen LogP contribution in [-0.4, -0.2) is 17.5 Å². The fraction of sp³-hybridized carbons (Fsp3) is 0.130. The predicted molar refractivity (Wildman–Crippen MR) is 128 cm³/mol. The fourth-order valence-electron chi connectivity index (χ4n) is 2.99. The number of pyridine rings is 1. The van der Waals surface area contributed by atoms with Crippen molar-refractivity contribution in [3.8, 4) is 0 Å². The lowest BCUT2D eigenvalue weighted by molar-refractivity contribution is 0.0330. The first-order chi connectivity index (χ1) is 16.2. The summed E-state index contributed by atoms with van der Waals surface area (Å²) >= 11 is 1.89. The molecule has 3 aromatic rings. The van der Waals surface area contributed by atoms with Crippen LogP contribution in [0.3, 0.4) is 0 Å².